The van der Waals surface area contributed by atoms with Gasteiger partial charge >= 0.3 is 0 Å². The van der Waals surface area contributed by atoms with Crippen LogP contribution in [0, 0.1) is 5.92 Å². The highest BCUT2D eigenvalue weighted by Crippen LogP contribution is 2.45. The maximum absolute atomic E-state index is 12.7. The standard InChI is InChI=1S/C17H20N4O4S/c1-20-8-5-14(19-20)16(22)21-11-17(12-21)13(6-9-26(17,23)24)10-25-15-4-2-3-7-18-15/h2-5,7-8,13H,6,9-12H2,1H3/t13-/m1/s1. The van der Waals surface area contributed by atoms with Gasteiger partial charge in [0.25, 0.3) is 5.91 Å². The van der Waals surface area contributed by atoms with Crippen molar-refractivity contribution in [1.29, 1.82) is 0 Å². The summed E-state index contributed by atoms with van der Waals surface area (Å²) in [5.74, 6) is 0.229. The lowest BCUT2D eigenvalue weighted by Gasteiger charge is -2.49. The fraction of sp³-hybridized carbons (Fsp3) is 0.471. The Kier molecular flexibility index (Phi) is 3.98. The molecule has 0 aromatic carbocycles. The van der Waals surface area contributed by atoms with Gasteiger partial charge in [0, 0.05) is 44.5 Å². The fourth-order valence-electron chi connectivity index (χ4n) is 3.76. The largest absolute Gasteiger partial charge is 0.477 e. The molecule has 8 nitrogen and oxygen atoms in total. The summed E-state index contributed by atoms with van der Waals surface area (Å²) in [7, 11) is -1.53. The summed E-state index contributed by atoms with van der Waals surface area (Å²) in [6.07, 6.45) is 3.87. The number of ether oxygens (including phenoxy) is 1. The summed E-state index contributed by atoms with van der Waals surface area (Å²) in [6.45, 7) is 0.670. The van der Waals surface area contributed by atoms with Crippen molar-refractivity contribution in [3.63, 3.8) is 0 Å². The normalized spacial score (nSPS) is 23.0. The Morgan fingerprint density at radius 2 is 2.15 bits per heavy atom. The van der Waals surface area contributed by atoms with Crippen LogP contribution in [0.4, 0.5) is 0 Å². The van der Waals surface area contributed by atoms with Crippen LogP contribution in [0.5, 0.6) is 5.88 Å². The molecule has 0 N–H and O–H groups in total. The Morgan fingerprint density at radius 3 is 2.81 bits per heavy atom. The van der Waals surface area contributed by atoms with Crippen LogP contribution in [0.15, 0.2) is 36.7 Å². The third kappa shape index (κ3) is 2.66. The van der Waals surface area contributed by atoms with Crippen molar-refractivity contribution in [3.8, 4) is 5.88 Å². The number of rotatable bonds is 4. The predicted molar refractivity (Wildman–Crippen MR) is 93.5 cm³/mol. The summed E-state index contributed by atoms with van der Waals surface area (Å²) in [5, 5.41) is 4.10. The molecule has 4 heterocycles. The SMILES string of the molecule is Cn1ccc(C(=O)N2CC3(C2)[C@@H](COc2ccccn2)CCS3(=O)=O)n1. The van der Waals surface area contributed by atoms with Crippen LogP contribution < -0.4 is 4.74 Å². The van der Waals surface area contributed by atoms with Gasteiger partial charge in [-0.1, -0.05) is 6.07 Å². The number of sulfone groups is 1. The predicted octanol–water partition coefficient (Wildman–Crippen LogP) is 0.523. The maximum Gasteiger partial charge on any atom is 0.274 e. The minimum absolute atomic E-state index is 0.134. The first-order valence-electron chi connectivity index (χ1n) is 8.46. The van der Waals surface area contributed by atoms with Crippen molar-refractivity contribution in [3.05, 3.63) is 42.4 Å². The number of pyridine rings is 1. The zero-order valence-corrected chi connectivity index (χ0v) is 15.2. The number of aromatic nitrogens is 3. The van der Waals surface area contributed by atoms with Crippen molar-refractivity contribution < 1.29 is 17.9 Å². The Morgan fingerprint density at radius 1 is 1.35 bits per heavy atom. The van der Waals surface area contributed by atoms with E-state index in [1.54, 1.807) is 47.2 Å². The number of amides is 1. The number of carbonyl (C=O) groups excluding carboxylic acids is 1. The zero-order valence-electron chi connectivity index (χ0n) is 14.4. The molecule has 2 aromatic rings. The smallest absolute Gasteiger partial charge is 0.274 e. The van der Waals surface area contributed by atoms with Crippen LogP contribution >= 0.6 is 0 Å². The molecule has 2 aliphatic heterocycles. The van der Waals surface area contributed by atoms with E-state index in [4.69, 9.17) is 4.74 Å². The second-order valence-electron chi connectivity index (χ2n) is 6.88. The van der Waals surface area contributed by atoms with Crippen LogP contribution in [0.1, 0.15) is 16.9 Å². The molecule has 0 saturated carbocycles. The van der Waals surface area contributed by atoms with Gasteiger partial charge in [-0.05, 0) is 18.6 Å². The third-order valence-corrected chi connectivity index (χ3v) is 7.91. The first-order valence-corrected chi connectivity index (χ1v) is 10.1. The van der Waals surface area contributed by atoms with Gasteiger partial charge in [0.2, 0.25) is 5.88 Å². The van der Waals surface area contributed by atoms with E-state index in [0.29, 0.717) is 18.0 Å². The minimum Gasteiger partial charge on any atom is -0.477 e. The van der Waals surface area contributed by atoms with Gasteiger partial charge in [0.05, 0.1) is 12.4 Å². The highest BCUT2D eigenvalue weighted by Gasteiger charge is 2.62. The molecule has 4 rings (SSSR count). The Labute approximate surface area is 151 Å². The van der Waals surface area contributed by atoms with Crippen LogP contribution in [0.25, 0.3) is 0 Å². The zero-order chi connectivity index (χ0) is 18.4. The van der Waals surface area contributed by atoms with E-state index < -0.39 is 14.6 Å². The monoisotopic (exact) mass is 376 g/mol. The van der Waals surface area contributed by atoms with Crippen molar-refractivity contribution in [2.45, 2.75) is 11.2 Å². The Bertz CT molecular complexity index is 919. The number of hydrogen-bond acceptors (Lipinski definition) is 6. The fourth-order valence-corrected chi connectivity index (χ4v) is 6.16. The van der Waals surface area contributed by atoms with E-state index in [1.165, 1.54) is 0 Å². The van der Waals surface area contributed by atoms with Crippen molar-refractivity contribution in [2.24, 2.45) is 13.0 Å². The lowest BCUT2D eigenvalue weighted by molar-refractivity contribution is 0.0401. The van der Waals surface area contributed by atoms with Crippen LogP contribution in [0.2, 0.25) is 0 Å². The molecular formula is C17H20N4O4S. The molecular weight excluding hydrogens is 356 g/mol. The molecule has 0 unspecified atom stereocenters. The number of carbonyl (C=O) groups is 1. The summed E-state index contributed by atoms with van der Waals surface area (Å²) in [5.41, 5.74) is 0.332. The lowest BCUT2D eigenvalue weighted by atomic mass is 9.83. The van der Waals surface area contributed by atoms with Gasteiger partial charge in [-0.15, -0.1) is 0 Å². The quantitative estimate of drug-likeness (QED) is 0.772. The van der Waals surface area contributed by atoms with Gasteiger partial charge < -0.3 is 9.64 Å². The van der Waals surface area contributed by atoms with Crippen LogP contribution in [0.3, 0.4) is 0 Å². The van der Waals surface area contributed by atoms with E-state index in [2.05, 4.69) is 10.1 Å². The molecule has 2 aliphatic rings. The van der Waals surface area contributed by atoms with E-state index in [-0.39, 0.29) is 37.3 Å². The molecule has 9 heteroatoms. The van der Waals surface area contributed by atoms with Crippen LogP contribution in [-0.2, 0) is 16.9 Å². The molecule has 26 heavy (non-hydrogen) atoms. The number of hydrogen-bond donors (Lipinski definition) is 0. The van der Waals surface area contributed by atoms with Crippen LogP contribution in [-0.4, -0.2) is 64.2 Å². The lowest BCUT2D eigenvalue weighted by Crippen LogP contribution is -2.69. The van der Waals surface area contributed by atoms with Gasteiger partial charge in [-0.3, -0.25) is 9.48 Å². The molecule has 1 atom stereocenters. The molecule has 1 amide bonds. The molecule has 1 spiro atoms. The van der Waals surface area contributed by atoms with Gasteiger partial charge in [-0.25, -0.2) is 13.4 Å². The number of nitrogens with zero attached hydrogens (tertiary/aromatic N) is 4. The van der Waals surface area contributed by atoms with Gasteiger partial charge in [-0.2, -0.15) is 5.10 Å². The molecule has 2 aromatic heterocycles. The van der Waals surface area contributed by atoms with Crippen molar-refractivity contribution in [1.82, 2.24) is 19.7 Å². The number of aryl methyl sites for hydroxylation is 1. The summed E-state index contributed by atoms with van der Waals surface area (Å²) >= 11 is 0. The molecule has 0 radical (unpaired) electrons. The average Bonchev–Trinajstić information content (AvgIpc) is 3.13. The molecule has 0 aliphatic carbocycles. The highest BCUT2D eigenvalue weighted by atomic mass is 32.2. The van der Waals surface area contributed by atoms with E-state index in [0.717, 1.165) is 0 Å². The van der Waals surface area contributed by atoms with E-state index in [9.17, 15) is 13.2 Å². The summed E-state index contributed by atoms with van der Waals surface area (Å²) in [4.78, 5) is 18.2. The third-order valence-electron chi connectivity index (χ3n) is 5.31. The van der Waals surface area contributed by atoms with Gasteiger partial charge in [0.1, 0.15) is 10.4 Å². The minimum atomic E-state index is -3.27. The number of likely N-dealkylation sites (tertiary alicyclic amines) is 1. The molecule has 2 saturated heterocycles. The van der Waals surface area contributed by atoms with Gasteiger partial charge in [0.15, 0.2) is 9.84 Å². The first kappa shape index (κ1) is 17.0. The first-order chi connectivity index (χ1) is 12.4. The van der Waals surface area contributed by atoms with Crippen molar-refractivity contribution in [2.75, 3.05) is 25.4 Å². The van der Waals surface area contributed by atoms with E-state index >= 15 is 0 Å². The molecule has 2 fully saturated rings. The average molecular weight is 376 g/mol. The van der Waals surface area contributed by atoms with Crippen molar-refractivity contribution >= 4 is 15.7 Å². The second kappa shape index (κ2) is 6.08. The molecule has 0 bridgehead atoms. The Hall–Kier alpha value is -2.42. The molecule has 138 valence electrons. The summed E-state index contributed by atoms with van der Waals surface area (Å²) in [6, 6.07) is 6.99. The highest BCUT2D eigenvalue weighted by molar-refractivity contribution is 7.93. The van der Waals surface area contributed by atoms with E-state index in [1.807, 2.05) is 6.07 Å². The second-order valence-corrected chi connectivity index (χ2v) is 9.33. The topological polar surface area (TPSA) is 94.4 Å². The Balaban J connectivity index is 1.47. The maximum atomic E-state index is 12.7. The summed E-state index contributed by atoms with van der Waals surface area (Å²) < 4.78 is 31.7.